The largest absolute Gasteiger partial charge is 0.472 e. The number of rotatable bonds is 6. The predicted molar refractivity (Wildman–Crippen MR) is 64.1 cm³/mol. The second kappa shape index (κ2) is 5.47. The number of hydrogen-bond acceptors (Lipinski definition) is 5. The summed E-state index contributed by atoms with van der Waals surface area (Å²) in [6.07, 6.45) is 2.34. The van der Waals surface area contributed by atoms with Gasteiger partial charge in [0.05, 0.1) is 4.92 Å². The lowest BCUT2D eigenvalue weighted by Gasteiger charge is -2.06. The number of nitrogens with zero attached hydrogens (tertiary/aromatic N) is 2. The van der Waals surface area contributed by atoms with E-state index < -0.39 is 4.92 Å². The molecule has 1 aromatic carbocycles. The van der Waals surface area contributed by atoms with E-state index in [1.165, 1.54) is 18.9 Å². The van der Waals surface area contributed by atoms with Crippen LogP contribution in [0.1, 0.15) is 18.4 Å². The highest BCUT2D eigenvalue weighted by molar-refractivity contribution is 5.48. The van der Waals surface area contributed by atoms with Crippen molar-refractivity contribution in [2.45, 2.75) is 25.4 Å². The summed E-state index contributed by atoms with van der Waals surface area (Å²) in [5.41, 5.74) is 0.748. The van der Waals surface area contributed by atoms with Crippen molar-refractivity contribution in [3.05, 3.63) is 33.9 Å². The first kappa shape index (κ1) is 12.3. The third kappa shape index (κ3) is 3.18. The van der Waals surface area contributed by atoms with Crippen LogP contribution in [0.4, 0.5) is 5.69 Å². The topological polar surface area (TPSA) is 88.2 Å². The molecule has 1 aromatic rings. The highest BCUT2D eigenvalue weighted by Gasteiger charge is 2.21. The normalized spacial score (nSPS) is 13.9. The molecule has 0 radical (unpaired) electrons. The van der Waals surface area contributed by atoms with Gasteiger partial charge in [0.25, 0.3) is 0 Å². The van der Waals surface area contributed by atoms with Gasteiger partial charge < -0.3 is 10.1 Å². The van der Waals surface area contributed by atoms with E-state index in [0.717, 1.165) is 5.56 Å². The van der Waals surface area contributed by atoms with E-state index in [-0.39, 0.29) is 18.0 Å². The van der Waals surface area contributed by atoms with Crippen LogP contribution in [0.15, 0.2) is 18.2 Å². The Labute approximate surface area is 104 Å². The first-order valence-corrected chi connectivity index (χ1v) is 5.71. The molecule has 18 heavy (non-hydrogen) atoms. The second-order valence-electron chi connectivity index (χ2n) is 4.16. The quantitative estimate of drug-likeness (QED) is 0.611. The lowest BCUT2D eigenvalue weighted by molar-refractivity contribution is -0.385. The van der Waals surface area contributed by atoms with Gasteiger partial charge in [-0.15, -0.1) is 0 Å². The van der Waals surface area contributed by atoms with E-state index in [0.29, 0.717) is 12.6 Å². The van der Waals surface area contributed by atoms with E-state index in [1.54, 1.807) is 18.2 Å². The van der Waals surface area contributed by atoms with Crippen LogP contribution in [0, 0.1) is 21.4 Å². The molecule has 1 N–H and O–H groups in total. The average Bonchev–Trinajstić information content (AvgIpc) is 3.18. The molecule has 0 heterocycles. The summed E-state index contributed by atoms with van der Waals surface area (Å²) in [6.45, 7) is 0.421. The zero-order chi connectivity index (χ0) is 13.0. The predicted octanol–water partition coefficient (Wildman–Crippen LogP) is 1.75. The minimum Gasteiger partial charge on any atom is -0.472 e. The Hall–Kier alpha value is -2.13. The van der Waals surface area contributed by atoms with Gasteiger partial charge in [0.2, 0.25) is 0 Å². The van der Waals surface area contributed by atoms with Crippen molar-refractivity contribution < 1.29 is 9.66 Å². The summed E-state index contributed by atoms with van der Waals surface area (Å²) < 4.78 is 5.02. The fraction of sp³-hybridized carbons (Fsp3) is 0.417. The van der Waals surface area contributed by atoms with Crippen molar-refractivity contribution in [2.24, 2.45) is 0 Å². The van der Waals surface area contributed by atoms with Crippen LogP contribution in [0.5, 0.6) is 5.75 Å². The van der Waals surface area contributed by atoms with Crippen LogP contribution in [-0.4, -0.2) is 17.6 Å². The first-order valence-electron chi connectivity index (χ1n) is 5.71. The summed E-state index contributed by atoms with van der Waals surface area (Å²) in [5, 5.41) is 22.6. The molecule has 0 amide bonds. The summed E-state index contributed by atoms with van der Waals surface area (Å²) in [4.78, 5) is 10.4. The van der Waals surface area contributed by atoms with Crippen molar-refractivity contribution in [3.63, 3.8) is 0 Å². The number of nitriles is 1. The number of ether oxygens (including phenoxy) is 1. The molecule has 0 atom stereocenters. The Balaban J connectivity index is 2.11. The fourth-order valence-electron chi connectivity index (χ4n) is 1.60. The highest BCUT2D eigenvalue weighted by atomic mass is 16.6. The molecule has 0 unspecified atom stereocenters. The van der Waals surface area contributed by atoms with E-state index in [1.807, 2.05) is 0 Å². The minimum absolute atomic E-state index is 0.0969. The Bertz CT molecular complexity index is 492. The second-order valence-corrected chi connectivity index (χ2v) is 4.16. The van der Waals surface area contributed by atoms with Crippen LogP contribution in [0.2, 0.25) is 0 Å². The average molecular weight is 247 g/mol. The zero-order valence-corrected chi connectivity index (χ0v) is 9.76. The molecule has 1 fully saturated rings. The SMILES string of the molecule is N#CCOc1ccc(CNC2CC2)cc1[N+](=O)[O-]. The van der Waals surface area contributed by atoms with Gasteiger partial charge in [-0.3, -0.25) is 10.1 Å². The Kier molecular flexibility index (Phi) is 3.75. The Morgan fingerprint density at radius 1 is 1.56 bits per heavy atom. The Morgan fingerprint density at radius 3 is 2.94 bits per heavy atom. The van der Waals surface area contributed by atoms with E-state index >= 15 is 0 Å². The third-order valence-electron chi connectivity index (χ3n) is 2.68. The molecule has 0 spiro atoms. The number of nitro benzene ring substituents is 1. The lowest BCUT2D eigenvalue weighted by Crippen LogP contribution is -2.15. The maximum absolute atomic E-state index is 10.9. The molecule has 0 bridgehead atoms. The number of benzene rings is 1. The van der Waals surface area contributed by atoms with Crippen LogP contribution >= 0.6 is 0 Å². The zero-order valence-electron chi connectivity index (χ0n) is 9.76. The molecule has 0 saturated heterocycles. The van der Waals surface area contributed by atoms with Gasteiger partial charge in [0, 0.05) is 18.7 Å². The van der Waals surface area contributed by atoms with Crippen LogP contribution in [-0.2, 0) is 6.54 Å². The van der Waals surface area contributed by atoms with Gasteiger partial charge in [0.1, 0.15) is 6.07 Å². The van der Waals surface area contributed by atoms with Gasteiger partial charge in [0.15, 0.2) is 12.4 Å². The fourth-order valence-corrected chi connectivity index (χ4v) is 1.60. The smallest absolute Gasteiger partial charge is 0.311 e. The maximum atomic E-state index is 10.9. The molecule has 1 saturated carbocycles. The van der Waals surface area contributed by atoms with Gasteiger partial charge >= 0.3 is 5.69 Å². The molecule has 1 aliphatic carbocycles. The van der Waals surface area contributed by atoms with E-state index in [2.05, 4.69) is 5.32 Å². The monoisotopic (exact) mass is 247 g/mol. The maximum Gasteiger partial charge on any atom is 0.311 e. The molecule has 94 valence electrons. The lowest BCUT2D eigenvalue weighted by atomic mass is 10.2. The van der Waals surface area contributed by atoms with Crippen molar-refractivity contribution >= 4 is 5.69 Å². The summed E-state index contributed by atoms with van der Waals surface area (Å²) in [5.74, 6) is 0.136. The number of nitro groups is 1. The van der Waals surface area contributed by atoms with E-state index in [9.17, 15) is 10.1 Å². The molecular formula is C12H13N3O3. The molecule has 6 nitrogen and oxygen atoms in total. The highest BCUT2D eigenvalue weighted by Crippen LogP contribution is 2.28. The molecule has 1 aliphatic rings. The van der Waals surface area contributed by atoms with Crippen LogP contribution in [0.3, 0.4) is 0 Å². The molecule has 2 rings (SSSR count). The van der Waals surface area contributed by atoms with Gasteiger partial charge in [-0.1, -0.05) is 6.07 Å². The van der Waals surface area contributed by atoms with E-state index in [4.69, 9.17) is 10.00 Å². The van der Waals surface area contributed by atoms with Crippen LogP contribution < -0.4 is 10.1 Å². The molecular weight excluding hydrogens is 234 g/mol. The van der Waals surface area contributed by atoms with Crippen LogP contribution in [0.25, 0.3) is 0 Å². The standard InChI is InChI=1S/C12H13N3O3/c13-5-6-18-12-4-1-9(7-11(12)15(16)17)8-14-10-2-3-10/h1,4,7,10,14H,2-3,6,8H2. The first-order chi connectivity index (χ1) is 8.70. The summed E-state index contributed by atoms with van der Waals surface area (Å²) in [6, 6.07) is 7.14. The van der Waals surface area contributed by atoms with Gasteiger partial charge in [-0.25, -0.2) is 0 Å². The third-order valence-corrected chi connectivity index (χ3v) is 2.68. The number of nitrogens with one attached hydrogen (secondary N) is 1. The van der Waals surface area contributed by atoms with Gasteiger partial charge in [-0.05, 0) is 24.5 Å². The number of hydrogen-bond donors (Lipinski definition) is 1. The van der Waals surface area contributed by atoms with Crippen molar-refractivity contribution in [3.8, 4) is 11.8 Å². The molecule has 6 heteroatoms. The minimum atomic E-state index is -0.493. The van der Waals surface area contributed by atoms with Gasteiger partial charge in [-0.2, -0.15) is 5.26 Å². The Morgan fingerprint density at radius 2 is 2.33 bits per heavy atom. The molecule has 0 aliphatic heterocycles. The van der Waals surface area contributed by atoms with Crippen molar-refractivity contribution in [1.82, 2.24) is 5.32 Å². The summed E-state index contributed by atoms with van der Waals surface area (Å²) in [7, 11) is 0. The van der Waals surface area contributed by atoms with Crippen molar-refractivity contribution in [1.29, 1.82) is 5.26 Å². The summed E-state index contributed by atoms with van der Waals surface area (Å²) >= 11 is 0. The molecule has 0 aromatic heterocycles. The van der Waals surface area contributed by atoms with Crippen molar-refractivity contribution in [2.75, 3.05) is 6.61 Å².